The summed E-state index contributed by atoms with van der Waals surface area (Å²) in [5.74, 6) is 0. The van der Waals surface area contributed by atoms with Crippen LogP contribution in [0.25, 0.3) is 88.0 Å². The van der Waals surface area contributed by atoms with Crippen LogP contribution in [0.3, 0.4) is 0 Å². The molecule has 1 heterocycles. The van der Waals surface area contributed by atoms with Crippen molar-refractivity contribution >= 4 is 60.5 Å². The van der Waals surface area contributed by atoms with Crippen LogP contribution in [0.2, 0.25) is 0 Å². The minimum Gasteiger partial charge on any atom is -0.455 e. The highest BCUT2D eigenvalue weighted by atomic mass is 16.3. The van der Waals surface area contributed by atoms with Gasteiger partial charge in [-0.15, -0.1) is 0 Å². The Bertz CT molecular complexity index is 3270. The predicted octanol–water partition coefficient (Wildman–Crippen LogP) is 16.0. The number of fused-ring (bicyclic) bond motifs is 6. The fraction of sp³-hybridized carbons (Fsp3) is 0. The first-order chi connectivity index (χ1) is 28.8. The van der Waals surface area contributed by atoms with Crippen molar-refractivity contribution in [3.8, 4) is 44.5 Å². The number of hydrogen-bond acceptors (Lipinski definition) is 2. The molecule has 0 saturated carbocycles. The van der Waals surface area contributed by atoms with Crippen LogP contribution < -0.4 is 4.90 Å². The molecule has 10 aromatic carbocycles. The largest absolute Gasteiger partial charge is 0.455 e. The Morgan fingerprint density at radius 3 is 1.64 bits per heavy atom. The van der Waals surface area contributed by atoms with Crippen LogP contribution in [0.15, 0.2) is 229 Å². The quantitative estimate of drug-likeness (QED) is 0.162. The first-order valence-electron chi connectivity index (χ1n) is 19.8. The van der Waals surface area contributed by atoms with Gasteiger partial charge in [-0.3, -0.25) is 0 Å². The average molecular weight is 740 g/mol. The van der Waals surface area contributed by atoms with E-state index < -0.39 is 0 Å². The number of furan rings is 1. The molecule has 2 nitrogen and oxygen atoms in total. The van der Waals surface area contributed by atoms with Gasteiger partial charge in [0.05, 0.1) is 17.1 Å². The monoisotopic (exact) mass is 739 g/mol. The zero-order valence-corrected chi connectivity index (χ0v) is 31.7. The molecule has 0 amide bonds. The summed E-state index contributed by atoms with van der Waals surface area (Å²) in [4.78, 5) is 2.47. The van der Waals surface area contributed by atoms with Crippen molar-refractivity contribution in [3.05, 3.63) is 224 Å². The van der Waals surface area contributed by atoms with Crippen LogP contribution in [0.1, 0.15) is 0 Å². The van der Waals surface area contributed by atoms with Crippen molar-refractivity contribution < 1.29 is 4.42 Å². The molecule has 58 heavy (non-hydrogen) atoms. The van der Waals surface area contributed by atoms with Crippen molar-refractivity contribution in [2.24, 2.45) is 0 Å². The lowest BCUT2D eigenvalue weighted by atomic mass is 9.94. The zero-order valence-electron chi connectivity index (χ0n) is 31.7. The van der Waals surface area contributed by atoms with Crippen molar-refractivity contribution in [3.63, 3.8) is 0 Å². The Balaban J connectivity index is 1.18. The average Bonchev–Trinajstić information content (AvgIpc) is 3.69. The molecule has 2 heteroatoms. The highest BCUT2D eigenvalue weighted by Crippen LogP contribution is 2.49. The Labute approximate surface area is 337 Å². The van der Waals surface area contributed by atoms with E-state index in [0.29, 0.717) is 0 Å². The molecular formula is C56H37NO. The standard InChI is InChI=1S/C56H37NO/c1-3-16-38(17-4-1)40-32-34-42(35-33-40)46-25-11-12-29-51(46)57(52-30-14-21-41-20-7-8-24-45(41)52)53-37-50-55-47(44-23-13-22-43(36-44)39-18-5-2-6-19-39)28-15-31-54(55)58-56(50)49-27-10-9-26-48(49)53/h1-37H. The molecule has 0 bridgehead atoms. The number of nitrogens with zero attached hydrogens (tertiary/aromatic N) is 1. The first kappa shape index (κ1) is 33.6. The van der Waals surface area contributed by atoms with E-state index in [1.165, 1.54) is 33.0 Å². The summed E-state index contributed by atoms with van der Waals surface area (Å²) < 4.78 is 6.88. The molecule has 0 atom stereocenters. The van der Waals surface area contributed by atoms with Gasteiger partial charge in [-0.05, 0) is 74.7 Å². The second-order valence-corrected chi connectivity index (χ2v) is 14.8. The number of hydrogen-bond donors (Lipinski definition) is 0. The van der Waals surface area contributed by atoms with Crippen molar-refractivity contribution in [2.75, 3.05) is 4.90 Å². The van der Waals surface area contributed by atoms with Crippen molar-refractivity contribution in [2.45, 2.75) is 0 Å². The summed E-state index contributed by atoms with van der Waals surface area (Å²) in [7, 11) is 0. The fourth-order valence-electron chi connectivity index (χ4n) is 8.73. The minimum atomic E-state index is 0.871. The van der Waals surface area contributed by atoms with Crippen LogP contribution >= 0.6 is 0 Å². The molecule has 1 aromatic heterocycles. The highest BCUT2D eigenvalue weighted by molar-refractivity contribution is 6.23. The third-order valence-electron chi connectivity index (χ3n) is 11.5. The maximum absolute atomic E-state index is 6.88. The summed E-state index contributed by atoms with van der Waals surface area (Å²) in [6.07, 6.45) is 0. The van der Waals surface area contributed by atoms with Gasteiger partial charge in [0.1, 0.15) is 11.2 Å². The predicted molar refractivity (Wildman–Crippen MR) is 245 cm³/mol. The Morgan fingerprint density at radius 1 is 0.293 bits per heavy atom. The van der Waals surface area contributed by atoms with Gasteiger partial charge < -0.3 is 9.32 Å². The molecule has 0 N–H and O–H groups in total. The lowest BCUT2D eigenvalue weighted by Crippen LogP contribution is -2.12. The van der Waals surface area contributed by atoms with Gasteiger partial charge in [0.15, 0.2) is 0 Å². The van der Waals surface area contributed by atoms with E-state index in [9.17, 15) is 0 Å². The topological polar surface area (TPSA) is 16.4 Å². The molecule has 0 radical (unpaired) electrons. The molecule has 0 aliphatic carbocycles. The van der Waals surface area contributed by atoms with E-state index in [1.807, 2.05) is 0 Å². The molecule has 0 aliphatic heterocycles. The normalized spacial score (nSPS) is 11.4. The van der Waals surface area contributed by atoms with Gasteiger partial charge in [-0.2, -0.15) is 0 Å². The Kier molecular flexibility index (Phi) is 8.19. The van der Waals surface area contributed by atoms with E-state index in [2.05, 4.69) is 229 Å². The van der Waals surface area contributed by atoms with Gasteiger partial charge >= 0.3 is 0 Å². The summed E-state index contributed by atoms with van der Waals surface area (Å²) in [5.41, 5.74) is 14.4. The second kappa shape index (κ2) is 14.1. The molecule has 0 unspecified atom stereocenters. The lowest BCUT2D eigenvalue weighted by Gasteiger charge is -2.30. The van der Waals surface area contributed by atoms with Crippen LogP contribution in [-0.4, -0.2) is 0 Å². The van der Waals surface area contributed by atoms with E-state index in [-0.39, 0.29) is 0 Å². The number of para-hydroxylation sites is 1. The summed E-state index contributed by atoms with van der Waals surface area (Å²) in [5, 5.41) is 6.75. The van der Waals surface area contributed by atoms with Gasteiger partial charge in [-0.1, -0.05) is 194 Å². The number of anilines is 3. The van der Waals surface area contributed by atoms with Gasteiger partial charge in [0.25, 0.3) is 0 Å². The molecule has 11 rings (SSSR count). The van der Waals surface area contributed by atoms with Gasteiger partial charge in [-0.25, -0.2) is 0 Å². The third kappa shape index (κ3) is 5.74. The Morgan fingerprint density at radius 2 is 0.828 bits per heavy atom. The number of rotatable bonds is 7. The second-order valence-electron chi connectivity index (χ2n) is 14.8. The van der Waals surface area contributed by atoms with E-state index in [4.69, 9.17) is 4.42 Å². The zero-order chi connectivity index (χ0) is 38.4. The fourth-order valence-corrected chi connectivity index (χ4v) is 8.73. The van der Waals surface area contributed by atoms with Crippen molar-refractivity contribution in [1.82, 2.24) is 0 Å². The maximum atomic E-state index is 6.88. The van der Waals surface area contributed by atoms with E-state index in [0.717, 1.165) is 72.0 Å². The van der Waals surface area contributed by atoms with Gasteiger partial charge in [0.2, 0.25) is 0 Å². The molecule has 11 aromatic rings. The molecule has 0 fully saturated rings. The number of benzene rings is 10. The highest BCUT2D eigenvalue weighted by Gasteiger charge is 2.24. The first-order valence-corrected chi connectivity index (χ1v) is 19.8. The molecule has 272 valence electrons. The summed E-state index contributed by atoms with van der Waals surface area (Å²) in [6, 6.07) is 80.6. The van der Waals surface area contributed by atoms with Crippen LogP contribution in [0, 0.1) is 0 Å². The molecule has 0 aliphatic rings. The van der Waals surface area contributed by atoms with Crippen molar-refractivity contribution in [1.29, 1.82) is 0 Å². The van der Waals surface area contributed by atoms with Crippen LogP contribution in [0.5, 0.6) is 0 Å². The minimum absolute atomic E-state index is 0.871. The lowest BCUT2D eigenvalue weighted by molar-refractivity contribution is 0.673. The van der Waals surface area contributed by atoms with E-state index in [1.54, 1.807) is 0 Å². The molecule has 0 saturated heterocycles. The third-order valence-corrected chi connectivity index (χ3v) is 11.5. The Hall–Kier alpha value is -7.68. The van der Waals surface area contributed by atoms with E-state index >= 15 is 0 Å². The SMILES string of the molecule is c1ccc(-c2ccc(-c3ccccc3N(c3cccc4ccccc34)c3cc4c(oc5cccc(-c6cccc(-c7ccccc7)c6)c54)c4ccccc34)cc2)cc1. The molecular weight excluding hydrogens is 703 g/mol. The van der Waals surface area contributed by atoms with Crippen LogP contribution in [-0.2, 0) is 0 Å². The molecule has 0 spiro atoms. The summed E-state index contributed by atoms with van der Waals surface area (Å²) in [6.45, 7) is 0. The smallest absolute Gasteiger partial charge is 0.143 e. The maximum Gasteiger partial charge on any atom is 0.143 e. The van der Waals surface area contributed by atoms with Gasteiger partial charge in [0, 0.05) is 32.5 Å². The summed E-state index contributed by atoms with van der Waals surface area (Å²) >= 11 is 0. The van der Waals surface area contributed by atoms with Crippen LogP contribution in [0.4, 0.5) is 17.1 Å².